The molecular formula is C46H31N3S. The Morgan fingerprint density at radius 2 is 1.12 bits per heavy atom. The number of nitrogens with one attached hydrogen (secondary N) is 1. The highest BCUT2D eigenvalue weighted by molar-refractivity contribution is 7.26. The van der Waals surface area contributed by atoms with Gasteiger partial charge in [-0.2, -0.15) is 0 Å². The van der Waals surface area contributed by atoms with Gasteiger partial charge in [0.1, 0.15) is 0 Å². The molecule has 10 rings (SSSR count). The first-order valence-electron chi connectivity index (χ1n) is 17.0. The molecule has 0 amide bonds. The molecule has 236 valence electrons. The number of thiophene rings is 1. The fourth-order valence-corrected chi connectivity index (χ4v) is 8.72. The Morgan fingerprint density at radius 1 is 0.480 bits per heavy atom. The van der Waals surface area contributed by atoms with E-state index in [1.807, 2.05) is 17.5 Å². The van der Waals surface area contributed by atoms with E-state index in [1.54, 1.807) is 0 Å². The van der Waals surface area contributed by atoms with Gasteiger partial charge in [0.05, 0.1) is 16.7 Å². The van der Waals surface area contributed by atoms with Crippen molar-refractivity contribution in [3.05, 3.63) is 182 Å². The van der Waals surface area contributed by atoms with E-state index in [9.17, 15) is 0 Å². The lowest BCUT2D eigenvalue weighted by Gasteiger charge is -2.22. The summed E-state index contributed by atoms with van der Waals surface area (Å²) in [7, 11) is 0. The number of fused-ring (bicyclic) bond motifs is 6. The molecule has 0 fully saturated rings. The van der Waals surface area contributed by atoms with E-state index in [4.69, 9.17) is 4.99 Å². The van der Waals surface area contributed by atoms with Gasteiger partial charge in [-0.15, -0.1) is 11.3 Å². The van der Waals surface area contributed by atoms with E-state index in [0.29, 0.717) is 0 Å². The smallest absolute Gasteiger partial charge is 0.201 e. The Bertz CT molecular complexity index is 2780. The van der Waals surface area contributed by atoms with Gasteiger partial charge in [-0.25, -0.2) is 4.99 Å². The highest BCUT2D eigenvalue weighted by Crippen LogP contribution is 2.42. The summed E-state index contributed by atoms with van der Waals surface area (Å²) in [6, 6.07) is 59.0. The molecule has 0 bridgehead atoms. The second-order valence-electron chi connectivity index (χ2n) is 12.8. The van der Waals surface area contributed by atoms with Crippen molar-refractivity contribution in [3.63, 3.8) is 0 Å². The zero-order valence-electron chi connectivity index (χ0n) is 27.1. The van der Waals surface area contributed by atoms with Gasteiger partial charge < -0.3 is 9.88 Å². The Hall–Kier alpha value is -6.23. The minimum Gasteiger partial charge on any atom is -0.353 e. The summed E-state index contributed by atoms with van der Waals surface area (Å²) >= 11 is 1.88. The second-order valence-corrected chi connectivity index (χ2v) is 13.9. The average molecular weight is 658 g/mol. The van der Waals surface area contributed by atoms with Crippen LogP contribution in [0.1, 0.15) is 11.9 Å². The average Bonchev–Trinajstić information content (AvgIpc) is 3.74. The number of benzene rings is 7. The van der Waals surface area contributed by atoms with Crippen LogP contribution in [0, 0.1) is 0 Å². The summed E-state index contributed by atoms with van der Waals surface area (Å²) < 4.78 is 4.99. The summed E-state index contributed by atoms with van der Waals surface area (Å²) in [5.41, 5.74) is 11.7. The predicted octanol–water partition coefficient (Wildman–Crippen LogP) is 12.2. The lowest BCUT2D eigenvalue weighted by molar-refractivity contribution is 0.499. The van der Waals surface area contributed by atoms with Crippen molar-refractivity contribution in [1.82, 2.24) is 9.88 Å². The third kappa shape index (κ3) is 4.76. The van der Waals surface area contributed by atoms with Crippen molar-refractivity contribution in [3.8, 4) is 33.4 Å². The Labute approximate surface area is 294 Å². The SMILES string of the molecule is C1=CC(c2cccc(-c3ccc(-c4ccccc4)cc3)c2)=NC(n2c3ccccc3c3cc(-c4cccc5c4sc4ccccc45)ccc32)N1. The van der Waals surface area contributed by atoms with E-state index >= 15 is 0 Å². The summed E-state index contributed by atoms with van der Waals surface area (Å²) in [6.07, 6.45) is 3.82. The zero-order valence-corrected chi connectivity index (χ0v) is 27.9. The fourth-order valence-electron chi connectivity index (χ4n) is 7.48. The Morgan fingerprint density at radius 3 is 2.00 bits per heavy atom. The van der Waals surface area contributed by atoms with Gasteiger partial charge in [0.2, 0.25) is 6.29 Å². The molecule has 50 heavy (non-hydrogen) atoms. The summed E-state index contributed by atoms with van der Waals surface area (Å²) in [5, 5.41) is 8.65. The van der Waals surface area contributed by atoms with Crippen LogP contribution in [0.2, 0.25) is 0 Å². The molecule has 0 saturated carbocycles. The van der Waals surface area contributed by atoms with Gasteiger partial charge in [0.25, 0.3) is 0 Å². The van der Waals surface area contributed by atoms with Gasteiger partial charge in [0, 0.05) is 42.7 Å². The van der Waals surface area contributed by atoms with Crippen molar-refractivity contribution in [2.24, 2.45) is 4.99 Å². The number of para-hydroxylation sites is 1. The number of nitrogens with zero attached hydrogens (tertiary/aromatic N) is 2. The fraction of sp³-hybridized carbons (Fsp3) is 0.0217. The van der Waals surface area contributed by atoms with Crippen LogP contribution in [-0.4, -0.2) is 10.3 Å². The Balaban J connectivity index is 1.03. The van der Waals surface area contributed by atoms with Crippen molar-refractivity contribution < 1.29 is 0 Å². The van der Waals surface area contributed by atoms with Gasteiger partial charge in [-0.1, -0.05) is 133 Å². The number of rotatable bonds is 5. The van der Waals surface area contributed by atoms with Gasteiger partial charge in [-0.3, -0.25) is 0 Å². The van der Waals surface area contributed by atoms with Crippen molar-refractivity contribution in [1.29, 1.82) is 0 Å². The molecule has 1 N–H and O–H groups in total. The number of allylic oxidation sites excluding steroid dienone is 1. The molecule has 9 aromatic rings. The summed E-state index contributed by atoms with van der Waals surface area (Å²) in [6.45, 7) is 0. The minimum atomic E-state index is -0.289. The quantitative estimate of drug-likeness (QED) is 0.196. The lowest BCUT2D eigenvalue weighted by atomic mass is 9.98. The molecule has 3 nitrogen and oxygen atoms in total. The molecule has 0 radical (unpaired) electrons. The third-order valence-corrected chi connectivity index (χ3v) is 11.1. The monoisotopic (exact) mass is 657 g/mol. The van der Waals surface area contributed by atoms with Crippen LogP contribution in [-0.2, 0) is 0 Å². The summed E-state index contributed by atoms with van der Waals surface area (Å²) in [5.74, 6) is 0. The van der Waals surface area contributed by atoms with Crippen LogP contribution in [0.3, 0.4) is 0 Å². The third-order valence-electron chi connectivity index (χ3n) is 9.90. The van der Waals surface area contributed by atoms with E-state index in [2.05, 4.69) is 180 Å². The maximum absolute atomic E-state index is 5.31. The highest BCUT2D eigenvalue weighted by Gasteiger charge is 2.21. The van der Waals surface area contributed by atoms with E-state index in [-0.39, 0.29) is 6.29 Å². The largest absolute Gasteiger partial charge is 0.353 e. The van der Waals surface area contributed by atoms with Gasteiger partial charge in [-0.05, 0) is 69.8 Å². The van der Waals surface area contributed by atoms with Crippen LogP contribution in [0.25, 0.3) is 75.4 Å². The van der Waals surface area contributed by atoms with Crippen LogP contribution in [0.4, 0.5) is 0 Å². The summed E-state index contributed by atoms with van der Waals surface area (Å²) in [4.78, 5) is 5.31. The second kappa shape index (κ2) is 11.7. The maximum atomic E-state index is 5.31. The van der Waals surface area contributed by atoms with Crippen molar-refractivity contribution >= 4 is 59.0 Å². The molecule has 2 aromatic heterocycles. The topological polar surface area (TPSA) is 29.3 Å². The number of hydrogen-bond acceptors (Lipinski definition) is 3. The van der Waals surface area contributed by atoms with Crippen molar-refractivity contribution in [2.75, 3.05) is 0 Å². The van der Waals surface area contributed by atoms with Gasteiger partial charge >= 0.3 is 0 Å². The molecular weight excluding hydrogens is 627 g/mol. The molecule has 1 aliphatic rings. The first-order valence-corrected chi connectivity index (χ1v) is 17.8. The van der Waals surface area contributed by atoms with Crippen LogP contribution in [0.5, 0.6) is 0 Å². The van der Waals surface area contributed by atoms with E-state index < -0.39 is 0 Å². The first-order chi connectivity index (χ1) is 24.8. The number of aliphatic imine (C=N–C) groups is 1. The molecule has 1 unspecified atom stereocenters. The molecule has 0 saturated heterocycles. The number of hydrogen-bond donors (Lipinski definition) is 1. The molecule has 1 aliphatic heterocycles. The van der Waals surface area contributed by atoms with Crippen LogP contribution in [0.15, 0.2) is 181 Å². The van der Waals surface area contributed by atoms with E-state index in [0.717, 1.165) is 22.3 Å². The highest BCUT2D eigenvalue weighted by atomic mass is 32.1. The maximum Gasteiger partial charge on any atom is 0.201 e. The van der Waals surface area contributed by atoms with E-state index in [1.165, 1.54) is 64.3 Å². The van der Waals surface area contributed by atoms with Crippen LogP contribution >= 0.6 is 11.3 Å². The zero-order chi connectivity index (χ0) is 33.0. The Kier molecular flexibility index (Phi) is 6.74. The minimum absolute atomic E-state index is 0.289. The normalized spacial score (nSPS) is 14.4. The van der Waals surface area contributed by atoms with Crippen molar-refractivity contribution in [2.45, 2.75) is 6.29 Å². The molecule has 3 heterocycles. The molecule has 0 aliphatic carbocycles. The standard InChI is InChI=1S/C46H31N3S/c1-2-10-30(11-3-1)31-20-22-32(23-21-31)33-12-8-13-35(28-33)41-26-27-47-46(48-41)49-42-18-6-4-14-37(42)40-29-34(24-25-43(40)49)36-16-9-17-39-38-15-5-7-19-44(38)50-45(36)39/h1-29,46-47H. The molecule has 1 atom stereocenters. The van der Waals surface area contributed by atoms with Gasteiger partial charge in [0.15, 0.2) is 0 Å². The first kappa shape index (κ1) is 28.8. The molecule has 4 heteroatoms. The lowest BCUT2D eigenvalue weighted by Crippen LogP contribution is -2.25. The predicted molar refractivity (Wildman–Crippen MR) is 213 cm³/mol. The molecule has 7 aromatic carbocycles. The molecule has 0 spiro atoms. The van der Waals surface area contributed by atoms with Crippen LogP contribution < -0.4 is 5.32 Å². The number of aromatic nitrogens is 1.